The first-order chi connectivity index (χ1) is 9.38. The Hall–Kier alpha value is -1.91. The Labute approximate surface area is 125 Å². The van der Waals surface area contributed by atoms with Gasteiger partial charge in [-0.15, -0.1) is 0 Å². The third-order valence-corrected chi connectivity index (χ3v) is 3.18. The molecule has 6 heteroatoms. The number of rotatable bonds is 2. The Morgan fingerprint density at radius 3 is 2.55 bits per heavy atom. The number of anilines is 1. The van der Waals surface area contributed by atoms with Crippen molar-refractivity contribution in [3.63, 3.8) is 0 Å². The first kappa shape index (κ1) is 14.5. The quantitative estimate of drug-likeness (QED) is 0.735. The molecule has 2 rings (SSSR count). The van der Waals surface area contributed by atoms with Crippen molar-refractivity contribution in [2.75, 3.05) is 5.32 Å². The first-order valence-electron chi connectivity index (χ1n) is 5.67. The fraction of sp³-hybridized carbons (Fsp3) is 0.0714. The van der Waals surface area contributed by atoms with E-state index in [4.69, 9.17) is 23.2 Å². The van der Waals surface area contributed by atoms with Crippen LogP contribution in [0.5, 0.6) is 11.5 Å². The minimum Gasteiger partial charge on any atom is -0.507 e. The van der Waals surface area contributed by atoms with Gasteiger partial charge in [0.1, 0.15) is 5.75 Å². The summed E-state index contributed by atoms with van der Waals surface area (Å²) in [4.78, 5) is 12.1. The molecule has 0 heterocycles. The smallest absolute Gasteiger partial charge is 0.259 e. The van der Waals surface area contributed by atoms with E-state index in [0.717, 1.165) is 5.56 Å². The molecule has 3 N–H and O–H groups in total. The molecule has 0 saturated carbocycles. The van der Waals surface area contributed by atoms with E-state index in [1.807, 2.05) is 0 Å². The van der Waals surface area contributed by atoms with Crippen LogP contribution in [0.3, 0.4) is 0 Å². The standard InChI is InChI=1S/C14H11Cl2NO3/c1-7-2-3-12(18)9(4-7)14(20)17-11-6-8(15)5-10(16)13(11)19/h2-6,18-19H,1H3,(H,17,20). The summed E-state index contributed by atoms with van der Waals surface area (Å²) >= 11 is 11.6. The number of aromatic hydroxyl groups is 2. The van der Waals surface area contributed by atoms with E-state index >= 15 is 0 Å². The average molecular weight is 312 g/mol. The molecule has 0 atom stereocenters. The SMILES string of the molecule is Cc1ccc(O)c(C(=O)Nc2cc(Cl)cc(Cl)c2O)c1. The normalized spacial score (nSPS) is 10.3. The number of nitrogens with one attached hydrogen (secondary N) is 1. The second-order valence-corrected chi connectivity index (χ2v) is 5.10. The lowest BCUT2D eigenvalue weighted by Crippen LogP contribution is -2.12. The number of halogens is 2. The molecule has 2 aromatic rings. The minimum atomic E-state index is -0.570. The molecule has 4 nitrogen and oxygen atoms in total. The first-order valence-corrected chi connectivity index (χ1v) is 6.43. The summed E-state index contributed by atoms with van der Waals surface area (Å²) < 4.78 is 0. The van der Waals surface area contributed by atoms with Crippen molar-refractivity contribution in [2.45, 2.75) is 6.92 Å². The summed E-state index contributed by atoms with van der Waals surface area (Å²) in [5, 5.41) is 22.2. The van der Waals surface area contributed by atoms with Gasteiger partial charge in [-0.05, 0) is 31.2 Å². The van der Waals surface area contributed by atoms with Crippen LogP contribution in [0.1, 0.15) is 15.9 Å². The topological polar surface area (TPSA) is 69.6 Å². The molecule has 0 aliphatic rings. The van der Waals surface area contributed by atoms with Gasteiger partial charge in [0, 0.05) is 5.02 Å². The monoisotopic (exact) mass is 311 g/mol. The Morgan fingerprint density at radius 2 is 1.85 bits per heavy atom. The Morgan fingerprint density at radius 1 is 1.15 bits per heavy atom. The van der Waals surface area contributed by atoms with E-state index in [9.17, 15) is 15.0 Å². The van der Waals surface area contributed by atoms with Gasteiger partial charge in [0.05, 0.1) is 16.3 Å². The van der Waals surface area contributed by atoms with Gasteiger partial charge in [-0.2, -0.15) is 0 Å². The lowest BCUT2D eigenvalue weighted by atomic mass is 10.1. The molecule has 0 radical (unpaired) electrons. The maximum Gasteiger partial charge on any atom is 0.259 e. The van der Waals surface area contributed by atoms with Gasteiger partial charge in [-0.3, -0.25) is 4.79 Å². The van der Waals surface area contributed by atoms with Crippen molar-refractivity contribution in [3.8, 4) is 11.5 Å². The number of carbonyl (C=O) groups excluding carboxylic acids is 1. The van der Waals surface area contributed by atoms with Crippen LogP contribution in [-0.4, -0.2) is 16.1 Å². The van der Waals surface area contributed by atoms with Gasteiger partial charge >= 0.3 is 0 Å². The maximum absolute atomic E-state index is 12.1. The van der Waals surface area contributed by atoms with Gasteiger partial charge in [-0.25, -0.2) is 0 Å². The van der Waals surface area contributed by atoms with Crippen LogP contribution in [0.15, 0.2) is 30.3 Å². The van der Waals surface area contributed by atoms with Crippen LogP contribution in [-0.2, 0) is 0 Å². The maximum atomic E-state index is 12.1. The van der Waals surface area contributed by atoms with Gasteiger partial charge in [-0.1, -0.05) is 34.8 Å². The summed E-state index contributed by atoms with van der Waals surface area (Å²) in [7, 11) is 0. The van der Waals surface area contributed by atoms with Crippen molar-refractivity contribution < 1.29 is 15.0 Å². The number of benzene rings is 2. The molecular weight excluding hydrogens is 301 g/mol. The number of aryl methyl sites for hydroxylation is 1. The molecule has 104 valence electrons. The highest BCUT2D eigenvalue weighted by Gasteiger charge is 2.15. The van der Waals surface area contributed by atoms with E-state index in [-0.39, 0.29) is 32.8 Å². The lowest BCUT2D eigenvalue weighted by Gasteiger charge is -2.10. The highest BCUT2D eigenvalue weighted by atomic mass is 35.5. The van der Waals surface area contributed by atoms with Crippen molar-refractivity contribution >= 4 is 34.8 Å². The van der Waals surface area contributed by atoms with E-state index in [1.165, 1.54) is 24.3 Å². The van der Waals surface area contributed by atoms with Crippen LogP contribution >= 0.6 is 23.2 Å². The Bertz CT molecular complexity index is 686. The number of carbonyl (C=O) groups is 1. The highest BCUT2D eigenvalue weighted by molar-refractivity contribution is 6.36. The van der Waals surface area contributed by atoms with E-state index < -0.39 is 5.91 Å². The summed E-state index contributed by atoms with van der Waals surface area (Å²) in [5.74, 6) is -1.00. The summed E-state index contributed by atoms with van der Waals surface area (Å²) in [6.07, 6.45) is 0. The fourth-order valence-corrected chi connectivity index (χ4v) is 2.18. The number of phenolic OH excluding ortho intramolecular Hbond substituents is 2. The van der Waals surface area contributed by atoms with E-state index in [1.54, 1.807) is 13.0 Å². The zero-order chi connectivity index (χ0) is 14.9. The minimum absolute atomic E-state index is 0.0289. The molecule has 0 fully saturated rings. The predicted molar refractivity (Wildman–Crippen MR) is 78.9 cm³/mol. The molecule has 0 spiro atoms. The fourth-order valence-electron chi connectivity index (χ4n) is 1.68. The number of hydrogen-bond donors (Lipinski definition) is 3. The van der Waals surface area contributed by atoms with Crippen LogP contribution in [0.25, 0.3) is 0 Å². The molecule has 0 saturated heterocycles. The number of phenols is 2. The molecule has 0 aromatic heterocycles. The molecule has 0 unspecified atom stereocenters. The van der Waals surface area contributed by atoms with Gasteiger partial charge < -0.3 is 15.5 Å². The summed E-state index contributed by atoms with van der Waals surface area (Å²) in [6, 6.07) is 7.37. The third-order valence-electron chi connectivity index (χ3n) is 2.67. The van der Waals surface area contributed by atoms with E-state index in [2.05, 4.69) is 5.32 Å². The third kappa shape index (κ3) is 2.98. The zero-order valence-corrected chi connectivity index (χ0v) is 12.0. The lowest BCUT2D eigenvalue weighted by molar-refractivity contribution is 0.102. The molecule has 2 aromatic carbocycles. The van der Waals surface area contributed by atoms with Crippen LogP contribution < -0.4 is 5.32 Å². The van der Waals surface area contributed by atoms with Gasteiger partial charge in [0.2, 0.25) is 0 Å². The second kappa shape index (κ2) is 5.61. The average Bonchev–Trinajstić information content (AvgIpc) is 2.38. The van der Waals surface area contributed by atoms with Crippen molar-refractivity contribution in [2.24, 2.45) is 0 Å². The summed E-state index contributed by atoms with van der Waals surface area (Å²) in [6.45, 7) is 1.80. The van der Waals surface area contributed by atoms with Crippen molar-refractivity contribution in [3.05, 3.63) is 51.5 Å². The molecule has 0 aliphatic carbocycles. The predicted octanol–water partition coefficient (Wildman–Crippen LogP) is 3.97. The molecule has 0 bridgehead atoms. The Kier molecular flexibility index (Phi) is 4.06. The van der Waals surface area contributed by atoms with Crippen LogP contribution in [0, 0.1) is 6.92 Å². The Balaban J connectivity index is 2.35. The second-order valence-electron chi connectivity index (χ2n) is 4.26. The van der Waals surface area contributed by atoms with Gasteiger partial charge in [0.25, 0.3) is 5.91 Å². The van der Waals surface area contributed by atoms with Crippen molar-refractivity contribution in [1.29, 1.82) is 0 Å². The molecule has 20 heavy (non-hydrogen) atoms. The highest BCUT2D eigenvalue weighted by Crippen LogP contribution is 2.35. The number of amides is 1. The summed E-state index contributed by atoms with van der Waals surface area (Å²) in [5.41, 5.74) is 0.996. The number of hydrogen-bond acceptors (Lipinski definition) is 3. The van der Waals surface area contributed by atoms with Crippen molar-refractivity contribution in [1.82, 2.24) is 0 Å². The zero-order valence-electron chi connectivity index (χ0n) is 10.4. The largest absolute Gasteiger partial charge is 0.507 e. The van der Waals surface area contributed by atoms with Gasteiger partial charge in [0.15, 0.2) is 5.75 Å². The molecule has 0 aliphatic heterocycles. The van der Waals surface area contributed by atoms with E-state index in [0.29, 0.717) is 0 Å². The van der Waals surface area contributed by atoms with Crippen LogP contribution in [0.2, 0.25) is 10.0 Å². The molecular formula is C14H11Cl2NO3. The van der Waals surface area contributed by atoms with Crippen LogP contribution in [0.4, 0.5) is 5.69 Å². The molecule has 1 amide bonds.